The second-order valence-electron chi connectivity index (χ2n) is 27.4. The van der Waals surface area contributed by atoms with E-state index >= 15 is 9.59 Å². The average Bonchev–Trinajstić information content (AvgIpc) is 0.674. The monoisotopic (exact) mass is 1350 g/mol. The molecule has 6 amide bonds. The first-order valence-electron chi connectivity index (χ1n) is 32.2. The van der Waals surface area contributed by atoms with E-state index < -0.39 is 196 Å². The topological polar surface area (TPSA) is 395 Å². The Balaban J connectivity index is 1.01. The summed E-state index contributed by atoms with van der Waals surface area (Å²) in [5.74, 6) is -12.8. The molecule has 526 valence electrons. The summed E-state index contributed by atoms with van der Waals surface area (Å²) in [4.78, 5) is 149. The van der Waals surface area contributed by atoms with Gasteiger partial charge in [0.25, 0.3) is 0 Å². The lowest BCUT2D eigenvalue weighted by atomic mass is 9.42. The van der Waals surface area contributed by atoms with Crippen LogP contribution in [0.25, 0.3) is 6.08 Å². The largest absolute Gasteiger partial charge is 0.455 e. The van der Waals surface area contributed by atoms with Gasteiger partial charge in [0.15, 0.2) is 11.6 Å². The molecule has 1 heterocycles. The first-order valence-corrected chi connectivity index (χ1v) is 32.2. The minimum absolute atomic E-state index is 0.00672. The van der Waals surface area contributed by atoms with Crippen molar-refractivity contribution in [3.63, 3.8) is 0 Å². The van der Waals surface area contributed by atoms with Crippen molar-refractivity contribution < 1.29 is 101 Å². The number of nitrogens with one attached hydrogen (secondary N) is 4. The zero-order valence-corrected chi connectivity index (χ0v) is 55.8. The maximum Gasteiger partial charge on any atom is 0.408 e. The first-order chi connectivity index (χ1) is 45.4. The Bertz CT molecular complexity index is 3540. The number of primary amides is 2. The Morgan fingerprint density at radius 3 is 2.08 bits per heavy atom. The molecule has 3 aromatic rings. The number of ketones is 2. The number of carbonyl (C=O) groups excluding carboxylic acids is 11. The number of esters is 3. The van der Waals surface area contributed by atoms with Crippen molar-refractivity contribution in [3.8, 4) is 0 Å². The van der Waals surface area contributed by atoms with E-state index in [1.165, 1.54) is 45.0 Å². The lowest BCUT2D eigenvalue weighted by Crippen LogP contribution is -2.77. The maximum absolute atomic E-state index is 15.2. The van der Waals surface area contributed by atoms with E-state index in [1.807, 2.05) is 0 Å². The molecule has 1 saturated heterocycles. The van der Waals surface area contributed by atoms with Crippen molar-refractivity contribution in [2.45, 2.75) is 192 Å². The zero-order chi connectivity index (χ0) is 71.7. The second kappa shape index (κ2) is 31.2. The van der Waals surface area contributed by atoms with Gasteiger partial charge in [-0.3, -0.25) is 38.4 Å². The van der Waals surface area contributed by atoms with Gasteiger partial charge in [-0.2, -0.15) is 0 Å². The maximum atomic E-state index is 15.2. The van der Waals surface area contributed by atoms with Crippen LogP contribution in [0, 0.1) is 39.7 Å². The number of aliphatic hydroxyl groups is 3. The van der Waals surface area contributed by atoms with Crippen LogP contribution < -0.4 is 32.7 Å². The summed E-state index contributed by atoms with van der Waals surface area (Å²) in [6.07, 6.45) is -10.8. The first kappa shape index (κ1) is 75.6. The van der Waals surface area contributed by atoms with Crippen LogP contribution in [0.2, 0.25) is 0 Å². The van der Waals surface area contributed by atoms with Crippen LogP contribution in [0.1, 0.15) is 154 Å². The number of fused-ring (bicyclic) bond motifs is 5. The molecule has 27 heteroatoms. The summed E-state index contributed by atoms with van der Waals surface area (Å²) < 4.78 is 57.5. The molecule has 3 fully saturated rings. The number of halogens is 2. The van der Waals surface area contributed by atoms with Crippen molar-refractivity contribution in [1.82, 2.24) is 21.3 Å². The van der Waals surface area contributed by atoms with Crippen molar-refractivity contribution in [2.75, 3.05) is 13.2 Å². The number of Topliss-reactive ketones (excluding diaryl/α,β-unsaturated/α-hetero) is 2. The SMILES string of the molecule is CC1=C2[C@@H](O)C(=O)[C@@]3(C)[C@H]([C@H](OC(=O)c4ccccc4)[C@](O)(C[C@@H]1OC(=O)[C@H](OC(=O)CCC(=O)NCCCCC(NC(=O)CC[C@H](CC(=O)C(C)NC(=O)/C=C/c1ccc(F)cc1F)C(N)=O)C(N)=O)[C@@H](NC(=O)OC(C)(C)C)c1ccccc1)C2(C)C)[C@]1(C)CO[C@@H]1C[C@@H]3O. The Hall–Kier alpha value is -8.79. The number of unbranched alkanes of at least 4 members (excludes halogenated alkanes) is 1. The molecule has 0 radical (unpaired) electrons. The quantitative estimate of drug-likeness (QED) is 0.0154. The molecule has 2 bridgehead atoms. The van der Waals surface area contributed by atoms with Gasteiger partial charge in [0, 0.05) is 79.0 Å². The van der Waals surface area contributed by atoms with E-state index in [-0.39, 0.29) is 79.5 Å². The fraction of sp³-hybridized carbons (Fsp3) is 0.529. The van der Waals surface area contributed by atoms with E-state index in [2.05, 4.69) is 21.3 Å². The van der Waals surface area contributed by atoms with E-state index in [0.29, 0.717) is 6.07 Å². The molecule has 4 aliphatic rings. The summed E-state index contributed by atoms with van der Waals surface area (Å²) >= 11 is 0. The third kappa shape index (κ3) is 17.5. The Morgan fingerprint density at radius 2 is 1.47 bits per heavy atom. The van der Waals surface area contributed by atoms with Gasteiger partial charge in [-0.1, -0.05) is 69.3 Å². The molecule has 0 spiro atoms. The predicted octanol–water partition coefficient (Wildman–Crippen LogP) is 4.89. The minimum atomic E-state index is -2.34. The van der Waals surface area contributed by atoms with Crippen molar-refractivity contribution >= 4 is 71.2 Å². The average molecular weight is 1360 g/mol. The fourth-order valence-electron chi connectivity index (χ4n) is 13.6. The predicted molar refractivity (Wildman–Crippen MR) is 343 cm³/mol. The minimum Gasteiger partial charge on any atom is -0.455 e. The van der Waals surface area contributed by atoms with Gasteiger partial charge in [0.1, 0.15) is 53.2 Å². The summed E-state index contributed by atoms with van der Waals surface area (Å²) in [5, 5.41) is 48.4. The Kier molecular flexibility index (Phi) is 24.3. The number of alkyl carbamates (subject to hydrolysis) is 1. The highest BCUT2D eigenvalue weighted by Gasteiger charge is 2.75. The van der Waals surface area contributed by atoms with Gasteiger partial charge in [-0.25, -0.2) is 23.2 Å². The molecular formula is C70H88F2N6O19. The Morgan fingerprint density at radius 1 is 0.814 bits per heavy atom. The number of nitrogens with two attached hydrogens (primary N) is 2. The molecule has 3 aliphatic carbocycles. The molecule has 11 N–H and O–H groups in total. The number of amides is 6. The van der Waals surface area contributed by atoms with Crippen LogP contribution in [-0.2, 0) is 66.8 Å². The number of hydrogen-bond donors (Lipinski definition) is 9. The third-order valence-corrected chi connectivity index (χ3v) is 19.2. The smallest absolute Gasteiger partial charge is 0.408 e. The highest BCUT2D eigenvalue weighted by molar-refractivity contribution is 5.97. The molecule has 25 nitrogen and oxygen atoms in total. The van der Waals surface area contributed by atoms with Crippen molar-refractivity contribution in [3.05, 3.63) is 124 Å². The van der Waals surface area contributed by atoms with Gasteiger partial charge in [0.2, 0.25) is 35.6 Å². The summed E-state index contributed by atoms with van der Waals surface area (Å²) in [6.45, 7) is 14.1. The van der Waals surface area contributed by atoms with Crippen molar-refractivity contribution in [2.24, 2.45) is 39.5 Å². The molecule has 0 aromatic heterocycles. The van der Waals surface area contributed by atoms with Crippen LogP contribution in [0.4, 0.5) is 13.6 Å². The number of hydrogen-bond acceptors (Lipinski definition) is 19. The summed E-state index contributed by atoms with van der Waals surface area (Å²) in [7, 11) is 0. The lowest BCUT2D eigenvalue weighted by molar-refractivity contribution is -0.313. The zero-order valence-electron chi connectivity index (χ0n) is 55.8. The molecule has 7 rings (SSSR count). The normalized spacial score (nSPS) is 25.6. The molecule has 3 aromatic carbocycles. The molecule has 97 heavy (non-hydrogen) atoms. The molecule has 2 unspecified atom stereocenters. The second-order valence-corrected chi connectivity index (χ2v) is 27.4. The third-order valence-electron chi connectivity index (χ3n) is 19.2. The van der Waals surface area contributed by atoms with Crippen LogP contribution in [0.5, 0.6) is 0 Å². The fourth-order valence-corrected chi connectivity index (χ4v) is 13.6. The van der Waals surface area contributed by atoms with Crippen LogP contribution in [0.3, 0.4) is 0 Å². The number of rotatable bonds is 28. The Labute approximate surface area is 560 Å². The van der Waals surface area contributed by atoms with E-state index in [4.69, 9.17) is 35.2 Å². The number of benzene rings is 3. The number of ether oxygens (including phenoxy) is 5. The van der Waals surface area contributed by atoms with Crippen LogP contribution >= 0.6 is 0 Å². The summed E-state index contributed by atoms with van der Waals surface area (Å²) in [6, 6.07) is 14.6. The van der Waals surface area contributed by atoms with E-state index in [0.717, 1.165) is 24.3 Å². The molecule has 1 aliphatic heterocycles. The lowest BCUT2D eigenvalue weighted by Gasteiger charge is -2.68. The molecular weight excluding hydrogens is 1270 g/mol. The van der Waals surface area contributed by atoms with Gasteiger partial charge >= 0.3 is 24.0 Å². The van der Waals surface area contributed by atoms with E-state index in [1.54, 1.807) is 77.9 Å². The van der Waals surface area contributed by atoms with Gasteiger partial charge in [0.05, 0.1) is 42.3 Å². The standard InChI is InChI=1S/C70H88F2N6O19/c1-37-47(35-70(92)60(96-63(89)41-20-14-11-15-21-41)58-68(8)36-93-49(68)34-48(80)69(58,9)59(86)56(85)54(37)67(70,6)7)94-64(90)57(55(40-18-12-10-13-19-40)78-65(91)97-66(3,4)5)95-53(84)30-29-50(81)75-31-17-16-22-45(62(74)88)77-52(83)28-25-42(61(73)87)32-46(79)38(2)76-51(82)27-24-39-23-26-43(71)33-44(39)72/h10-15,18-21,23-24,26-27,33,38,42,45,47-49,55-58,60,80,85,92H,16-17,22,25,28-32,34-36H2,1-9H3,(H2,73,87)(H2,74,88)(H,75,81)(H,76,82)(H,77,83)(H,78,91)/b27-24+/t38?,42-,45?,47+,48+,49-,55+,56-,57-,58-,60+,68-,69-,70-/m1/s1. The molecule has 14 atom stereocenters. The number of aliphatic hydroxyl groups excluding tert-OH is 2. The van der Waals surface area contributed by atoms with Crippen molar-refractivity contribution in [1.29, 1.82) is 0 Å². The van der Waals surface area contributed by atoms with Crippen LogP contribution in [0.15, 0.2) is 96.1 Å². The van der Waals surface area contributed by atoms with Gasteiger partial charge < -0.3 is 71.7 Å². The summed E-state index contributed by atoms with van der Waals surface area (Å²) in [5.41, 5.74) is 3.40. The highest BCUT2D eigenvalue weighted by Crippen LogP contribution is 2.66. The number of carbonyl (C=O) groups is 11. The highest BCUT2D eigenvalue weighted by atomic mass is 19.1. The molecule has 2 saturated carbocycles. The van der Waals surface area contributed by atoms with Crippen LogP contribution in [-0.4, -0.2) is 153 Å². The van der Waals surface area contributed by atoms with Gasteiger partial charge in [-0.15, -0.1) is 0 Å². The van der Waals surface area contributed by atoms with E-state index in [9.17, 15) is 67.3 Å². The van der Waals surface area contributed by atoms with Gasteiger partial charge in [-0.05, 0) is 114 Å².